The number of nitriles is 1. The van der Waals surface area contributed by atoms with Crippen molar-refractivity contribution in [3.63, 3.8) is 0 Å². The molecule has 2 aromatic carbocycles. The number of hydrogen-bond donors (Lipinski definition) is 1. The van der Waals surface area contributed by atoms with Crippen LogP contribution in [0.2, 0.25) is 0 Å². The molecule has 2 aromatic rings. The van der Waals surface area contributed by atoms with Crippen molar-refractivity contribution in [2.75, 3.05) is 6.61 Å². The van der Waals surface area contributed by atoms with E-state index in [0.29, 0.717) is 5.56 Å². The van der Waals surface area contributed by atoms with Crippen LogP contribution in [0.1, 0.15) is 25.3 Å². The summed E-state index contributed by atoms with van der Waals surface area (Å²) in [6, 6.07) is 11.7. The van der Waals surface area contributed by atoms with Crippen LogP contribution in [0.15, 0.2) is 65.3 Å². The Morgan fingerprint density at radius 2 is 1.97 bits per heavy atom. The van der Waals surface area contributed by atoms with Gasteiger partial charge in [-0.1, -0.05) is 18.2 Å². The molecule has 0 amide bonds. The summed E-state index contributed by atoms with van der Waals surface area (Å²) in [7, 11) is 0. The van der Waals surface area contributed by atoms with Crippen molar-refractivity contribution in [2.45, 2.75) is 19.8 Å². The number of halogens is 2. The fourth-order valence-corrected chi connectivity index (χ4v) is 3.15. The first kappa shape index (κ1) is 20.9. The molecule has 154 valence electrons. The Kier molecular flexibility index (Phi) is 6.02. The number of allylic oxidation sites excluding steroid dienone is 2. The molecule has 0 bridgehead atoms. The molecular weight excluding hydrogens is 394 g/mol. The van der Waals surface area contributed by atoms with E-state index >= 15 is 0 Å². The van der Waals surface area contributed by atoms with Crippen molar-refractivity contribution in [1.29, 1.82) is 5.26 Å². The second kappa shape index (κ2) is 8.66. The fraction of sp³-hybridized carbons (Fsp3) is 0.182. The van der Waals surface area contributed by atoms with Crippen molar-refractivity contribution in [3.8, 4) is 17.6 Å². The monoisotopic (exact) mass is 412 g/mol. The molecular formula is C22H18F2N2O4. The van der Waals surface area contributed by atoms with Crippen LogP contribution < -0.4 is 10.5 Å². The predicted octanol–water partition coefficient (Wildman–Crippen LogP) is 4.40. The summed E-state index contributed by atoms with van der Waals surface area (Å²) in [5.41, 5.74) is 6.41. The number of esters is 1. The Labute approximate surface area is 171 Å². The van der Waals surface area contributed by atoms with Gasteiger partial charge in [-0.05, 0) is 32.0 Å². The molecule has 30 heavy (non-hydrogen) atoms. The third kappa shape index (κ3) is 3.96. The van der Waals surface area contributed by atoms with Gasteiger partial charge in [0, 0.05) is 11.6 Å². The van der Waals surface area contributed by atoms with Crippen molar-refractivity contribution >= 4 is 5.97 Å². The van der Waals surface area contributed by atoms with Gasteiger partial charge in [0.1, 0.15) is 28.9 Å². The standard InChI is InChI=1S/C22H18F2N2O4/c1-3-28-22(27)19-12(2)29-21(26)15(11-25)20(19)14-6-4-5-7-18(14)30-13-8-9-16(23)17(24)10-13/h4-10,20H,3,26H2,1-2H3. The SMILES string of the molecule is CCOC(=O)C1=C(C)OC(N)=C(C#N)C1c1ccccc1Oc1ccc(F)c(F)c1. The average molecular weight is 412 g/mol. The van der Waals surface area contributed by atoms with Crippen LogP contribution in [0, 0.1) is 23.0 Å². The van der Waals surface area contributed by atoms with Gasteiger partial charge in [0.05, 0.1) is 18.1 Å². The Hall–Kier alpha value is -3.86. The number of benzene rings is 2. The van der Waals surface area contributed by atoms with Gasteiger partial charge in [-0.3, -0.25) is 0 Å². The zero-order valence-corrected chi connectivity index (χ0v) is 16.2. The number of hydrogen-bond acceptors (Lipinski definition) is 6. The van der Waals surface area contributed by atoms with Crippen LogP contribution in [0.4, 0.5) is 8.78 Å². The van der Waals surface area contributed by atoms with E-state index in [1.807, 2.05) is 6.07 Å². The number of rotatable bonds is 5. The number of nitrogens with two attached hydrogens (primary N) is 1. The van der Waals surface area contributed by atoms with Gasteiger partial charge >= 0.3 is 5.97 Å². The van der Waals surface area contributed by atoms with E-state index in [-0.39, 0.29) is 40.9 Å². The molecule has 8 heteroatoms. The lowest BCUT2D eigenvalue weighted by Gasteiger charge is -2.28. The molecule has 1 heterocycles. The Bertz CT molecular complexity index is 1100. The molecule has 3 rings (SSSR count). The minimum atomic E-state index is -1.07. The van der Waals surface area contributed by atoms with E-state index in [2.05, 4.69) is 0 Å². The van der Waals surface area contributed by atoms with E-state index < -0.39 is 23.5 Å². The Morgan fingerprint density at radius 3 is 2.63 bits per heavy atom. The van der Waals surface area contributed by atoms with Crippen molar-refractivity contribution in [1.82, 2.24) is 0 Å². The van der Waals surface area contributed by atoms with E-state index in [1.165, 1.54) is 6.07 Å². The van der Waals surface area contributed by atoms with Gasteiger partial charge in [0.2, 0.25) is 5.88 Å². The molecule has 6 nitrogen and oxygen atoms in total. The molecule has 1 aliphatic rings. The van der Waals surface area contributed by atoms with E-state index in [0.717, 1.165) is 12.1 Å². The number of carbonyl (C=O) groups is 1. The summed E-state index contributed by atoms with van der Waals surface area (Å²) >= 11 is 0. The highest BCUT2D eigenvalue weighted by atomic mass is 19.2. The van der Waals surface area contributed by atoms with Gasteiger partial charge in [0.25, 0.3) is 0 Å². The van der Waals surface area contributed by atoms with E-state index in [1.54, 1.807) is 38.1 Å². The van der Waals surface area contributed by atoms with Crippen LogP contribution in [0.5, 0.6) is 11.5 Å². The summed E-state index contributed by atoms with van der Waals surface area (Å²) in [5.74, 6) is -3.35. The number of nitrogens with zero attached hydrogens (tertiary/aromatic N) is 1. The summed E-state index contributed by atoms with van der Waals surface area (Å²) in [4.78, 5) is 12.6. The van der Waals surface area contributed by atoms with Crippen LogP contribution in [0.25, 0.3) is 0 Å². The maximum atomic E-state index is 13.6. The molecule has 0 saturated carbocycles. The van der Waals surface area contributed by atoms with Gasteiger partial charge in [-0.25, -0.2) is 13.6 Å². The summed E-state index contributed by atoms with van der Waals surface area (Å²) < 4.78 is 43.1. The molecule has 2 N–H and O–H groups in total. The van der Waals surface area contributed by atoms with Crippen molar-refractivity contribution in [3.05, 3.63) is 82.5 Å². The predicted molar refractivity (Wildman–Crippen MR) is 103 cm³/mol. The lowest BCUT2D eigenvalue weighted by molar-refractivity contribution is -0.139. The molecule has 0 radical (unpaired) electrons. The zero-order chi connectivity index (χ0) is 21.8. The van der Waals surface area contributed by atoms with Crippen molar-refractivity contribution in [2.24, 2.45) is 5.73 Å². The van der Waals surface area contributed by atoms with Crippen molar-refractivity contribution < 1.29 is 27.8 Å². The lowest BCUT2D eigenvalue weighted by Crippen LogP contribution is -2.25. The van der Waals surface area contributed by atoms with Crippen LogP contribution >= 0.6 is 0 Å². The third-order valence-electron chi connectivity index (χ3n) is 4.45. The first-order valence-corrected chi connectivity index (χ1v) is 9.04. The molecule has 0 spiro atoms. The molecule has 0 saturated heterocycles. The van der Waals surface area contributed by atoms with Gasteiger partial charge in [-0.2, -0.15) is 5.26 Å². The third-order valence-corrected chi connectivity index (χ3v) is 4.45. The normalized spacial score (nSPS) is 16.0. The first-order chi connectivity index (χ1) is 14.4. The minimum absolute atomic E-state index is 0.00462. The largest absolute Gasteiger partial charge is 0.463 e. The van der Waals surface area contributed by atoms with E-state index in [9.17, 15) is 18.8 Å². The Balaban J connectivity index is 2.13. The van der Waals surface area contributed by atoms with E-state index in [4.69, 9.17) is 19.9 Å². The second-order valence-electron chi connectivity index (χ2n) is 6.33. The molecule has 1 aliphatic heterocycles. The fourth-order valence-electron chi connectivity index (χ4n) is 3.15. The first-order valence-electron chi connectivity index (χ1n) is 9.04. The second-order valence-corrected chi connectivity index (χ2v) is 6.33. The van der Waals surface area contributed by atoms with Crippen LogP contribution in [-0.4, -0.2) is 12.6 Å². The summed E-state index contributed by atoms with van der Waals surface area (Å²) in [6.07, 6.45) is 0. The number of carbonyl (C=O) groups excluding carboxylic acids is 1. The van der Waals surface area contributed by atoms with Crippen LogP contribution in [-0.2, 0) is 14.3 Å². The highest BCUT2D eigenvalue weighted by Crippen LogP contribution is 2.43. The maximum absolute atomic E-state index is 13.6. The Morgan fingerprint density at radius 1 is 1.23 bits per heavy atom. The summed E-state index contributed by atoms with van der Waals surface area (Å²) in [5, 5.41) is 9.68. The maximum Gasteiger partial charge on any atom is 0.338 e. The minimum Gasteiger partial charge on any atom is -0.463 e. The topological polar surface area (TPSA) is 94.6 Å². The smallest absolute Gasteiger partial charge is 0.338 e. The highest BCUT2D eigenvalue weighted by Gasteiger charge is 2.37. The van der Waals surface area contributed by atoms with Gasteiger partial charge in [0.15, 0.2) is 11.6 Å². The van der Waals surface area contributed by atoms with Gasteiger partial charge in [-0.15, -0.1) is 0 Å². The molecule has 1 atom stereocenters. The zero-order valence-electron chi connectivity index (χ0n) is 16.2. The number of ether oxygens (including phenoxy) is 3. The van der Waals surface area contributed by atoms with Crippen LogP contribution in [0.3, 0.4) is 0 Å². The molecule has 0 aliphatic carbocycles. The number of para-hydroxylation sites is 1. The molecule has 0 fully saturated rings. The average Bonchev–Trinajstić information content (AvgIpc) is 2.71. The highest BCUT2D eigenvalue weighted by molar-refractivity contribution is 5.92. The quantitative estimate of drug-likeness (QED) is 0.732. The molecule has 1 unspecified atom stereocenters. The molecule has 0 aromatic heterocycles. The summed E-state index contributed by atoms with van der Waals surface area (Å²) in [6.45, 7) is 3.32. The lowest BCUT2D eigenvalue weighted by atomic mass is 9.82. The van der Waals surface area contributed by atoms with Gasteiger partial charge < -0.3 is 19.9 Å².